The maximum atomic E-state index is 5.91. The van der Waals surface area contributed by atoms with E-state index in [2.05, 4.69) is 49.5 Å². The molecule has 0 spiro atoms. The fourth-order valence-corrected chi connectivity index (χ4v) is 2.24. The van der Waals surface area contributed by atoms with Crippen molar-refractivity contribution < 1.29 is 4.42 Å². The molecule has 1 aromatic heterocycles. The summed E-state index contributed by atoms with van der Waals surface area (Å²) in [7, 11) is 0. The van der Waals surface area contributed by atoms with Gasteiger partial charge in [-0.25, -0.2) is 0 Å². The van der Waals surface area contributed by atoms with Gasteiger partial charge in [-0.1, -0.05) is 23.8 Å². The van der Waals surface area contributed by atoms with E-state index in [9.17, 15) is 0 Å². The molecule has 0 amide bonds. The van der Waals surface area contributed by atoms with Crippen molar-refractivity contribution in [2.45, 2.75) is 39.3 Å². The Morgan fingerprint density at radius 2 is 2.00 bits per heavy atom. The van der Waals surface area contributed by atoms with Crippen LogP contribution in [-0.2, 0) is 6.54 Å². The number of nitrogens with one attached hydrogen (secondary N) is 1. The van der Waals surface area contributed by atoms with E-state index in [0.29, 0.717) is 0 Å². The van der Waals surface area contributed by atoms with Crippen LogP contribution in [0.1, 0.15) is 29.7 Å². The Bertz CT molecular complexity index is 552. The van der Waals surface area contributed by atoms with E-state index in [0.717, 1.165) is 24.1 Å². The molecule has 0 saturated heterocycles. The van der Waals surface area contributed by atoms with Gasteiger partial charge < -0.3 is 9.73 Å². The SMILES string of the molecule is Cc1ccc(-c2ccc(CNC3CC3)o2)c(C)c1. The number of hydrogen-bond acceptors (Lipinski definition) is 2. The summed E-state index contributed by atoms with van der Waals surface area (Å²) in [5.41, 5.74) is 3.75. The smallest absolute Gasteiger partial charge is 0.134 e. The Hall–Kier alpha value is -1.54. The Labute approximate surface area is 108 Å². The molecule has 1 aliphatic rings. The highest BCUT2D eigenvalue weighted by Gasteiger charge is 2.20. The summed E-state index contributed by atoms with van der Waals surface area (Å²) in [6, 6.07) is 11.3. The molecule has 2 nitrogen and oxygen atoms in total. The van der Waals surface area contributed by atoms with Crippen molar-refractivity contribution in [3.8, 4) is 11.3 Å². The average Bonchev–Trinajstić information content (AvgIpc) is 3.05. The lowest BCUT2D eigenvalue weighted by Crippen LogP contribution is -2.14. The first-order chi connectivity index (χ1) is 8.72. The van der Waals surface area contributed by atoms with Gasteiger partial charge in [0.05, 0.1) is 6.54 Å². The number of benzene rings is 1. The Balaban J connectivity index is 1.78. The molecule has 1 aromatic carbocycles. The molecule has 0 radical (unpaired) electrons. The third-order valence-electron chi connectivity index (χ3n) is 3.45. The monoisotopic (exact) mass is 241 g/mol. The molecular weight excluding hydrogens is 222 g/mol. The predicted octanol–water partition coefficient (Wildman–Crippen LogP) is 3.82. The molecule has 94 valence electrons. The zero-order valence-corrected chi connectivity index (χ0v) is 11.0. The minimum atomic E-state index is 0.722. The van der Waals surface area contributed by atoms with Gasteiger partial charge in [0.1, 0.15) is 11.5 Å². The minimum absolute atomic E-state index is 0.722. The third-order valence-corrected chi connectivity index (χ3v) is 3.45. The fourth-order valence-electron chi connectivity index (χ4n) is 2.24. The number of furan rings is 1. The van der Waals surface area contributed by atoms with Gasteiger partial charge in [-0.3, -0.25) is 0 Å². The summed E-state index contributed by atoms with van der Waals surface area (Å²) >= 11 is 0. The molecule has 1 aliphatic carbocycles. The Morgan fingerprint density at radius 1 is 1.17 bits per heavy atom. The standard InChI is InChI=1S/C16H19NO/c1-11-3-7-15(12(2)9-11)16-8-6-14(18-16)10-17-13-4-5-13/h3,6-9,13,17H,4-5,10H2,1-2H3. The Morgan fingerprint density at radius 3 is 2.72 bits per heavy atom. The molecule has 2 aromatic rings. The predicted molar refractivity (Wildman–Crippen MR) is 73.5 cm³/mol. The topological polar surface area (TPSA) is 25.2 Å². The van der Waals surface area contributed by atoms with Crippen LogP contribution in [0.5, 0.6) is 0 Å². The highest BCUT2D eigenvalue weighted by atomic mass is 16.3. The highest BCUT2D eigenvalue weighted by Crippen LogP contribution is 2.27. The third kappa shape index (κ3) is 2.49. The van der Waals surface area contributed by atoms with E-state index in [1.807, 2.05) is 0 Å². The van der Waals surface area contributed by atoms with Crippen molar-refractivity contribution in [3.63, 3.8) is 0 Å². The summed E-state index contributed by atoms with van der Waals surface area (Å²) < 4.78 is 5.91. The average molecular weight is 241 g/mol. The Kier molecular flexibility index (Phi) is 2.96. The largest absolute Gasteiger partial charge is 0.460 e. The molecule has 1 saturated carbocycles. The number of hydrogen-bond donors (Lipinski definition) is 1. The first-order valence-electron chi connectivity index (χ1n) is 6.62. The van der Waals surface area contributed by atoms with Crippen LogP contribution in [0.2, 0.25) is 0 Å². The molecular formula is C16H19NO. The number of rotatable bonds is 4. The maximum absolute atomic E-state index is 5.91. The molecule has 0 aliphatic heterocycles. The van der Waals surface area contributed by atoms with Gasteiger partial charge in [0.25, 0.3) is 0 Å². The summed E-state index contributed by atoms with van der Waals surface area (Å²) in [5.74, 6) is 2.00. The van der Waals surface area contributed by atoms with Crippen molar-refractivity contribution in [2.75, 3.05) is 0 Å². The molecule has 2 heteroatoms. The van der Waals surface area contributed by atoms with E-state index in [4.69, 9.17) is 4.42 Å². The van der Waals surface area contributed by atoms with Crippen molar-refractivity contribution in [3.05, 3.63) is 47.2 Å². The second-order valence-corrected chi connectivity index (χ2v) is 5.24. The van der Waals surface area contributed by atoms with Crippen molar-refractivity contribution in [1.82, 2.24) is 5.32 Å². The quantitative estimate of drug-likeness (QED) is 0.880. The van der Waals surface area contributed by atoms with E-state index >= 15 is 0 Å². The van der Waals surface area contributed by atoms with Crippen LogP contribution in [0.3, 0.4) is 0 Å². The molecule has 1 N–H and O–H groups in total. The maximum Gasteiger partial charge on any atom is 0.134 e. The minimum Gasteiger partial charge on any atom is -0.460 e. The van der Waals surface area contributed by atoms with Crippen molar-refractivity contribution >= 4 is 0 Å². The van der Waals surface area contributed by atoms with Gasteiger partial charge in [0.2, 0.25) is 0 Å². The lowest BCUT2D eigenvalue weighted by Gasteiger charge is -2.04. The summed E-state index contributed by atoms with van der Waals surface area (Å²) in [5, 5.41) is 3.47. The van der Waals surface area contributed by atoms with Crippen LogP contribution < -0.4 is 5.32 Å². The van der Waals surface area contributed by atoms with Crippen LogP contribution in [0.15, 0.2) is 34.7 Å². The molecule has 0 unspecified atom stereocenters. The van der Waals surface area contributed by atoms with E-state index in [1.165, 1.54) is 29.5 Å². The molecule has 1 heterocycles. The fraction of sp³-hybridized carbons (Fsp3) is 0.375. The second kappa shape index (κ2) is 4.62. The molecule has 18 heavy (non-hydrogen) atoms. The lowest BCUT2D eigenvalue weighted by atomic mass is 10.0. The lowest BCUT2D eigenvalue weighted by molar-refractivity contribution is 0.492. The van der Waals surface area contributed by atoms with Gasteiger partial charge in [-0.15, -0.1) is 0 Å². The van der Waals surface area contributed by atoms with Crippen LogP contribution in [-0.4, -0.2) is 6.04 Å². The normalized spacial score (nSPS) is 15.0. The second-order valence-electron chi connectivity index (χ2n) is 5.24. The van der Waals surface area contributed by atoms with Crippen LogP contribution in [0.4, 0.5) is 0 Å². The highest BCUT2D eigenvalue weighted by molar-refractivity contribution is 5.62. The molecule has 1 fully saturated rings. The zero-order valence-electron chi connectivity index (χ0n) is 11.0. The van der Waals surface area contributed by atoms with E-state index < -0.39 is 0 Å². The number of aryl methyl sites for hydroxylation is 2. The summed E-state index contributed by atoms with van der Waals surface area (Å²) in [6.07, 6.45) is 2.62. The molecule has 3 rings (SSSR count). The van der Waals surface area contributed by atoms with Crippen molar-refractivity contribution in [2.24, 2.45) is 0 Å². The van der Waals surface area contributed by atoms with Crippen LogP contribution in [0, 0.1) is 13.8 Å². The van der Waals surface area contributed by atoms with Crippen LogP contribution >= 0.6 is 0 Å². The first-order valence-corrected chi connectivity index (χ1v) is 6.62. The van der Waals surface area contributed by atoms with Gasteiger partial charge in [0.15, 0.2) is 0 Å². The summed E-state index contributed by atoms with van der Waals surface area (Å²) in [4.78, 5) is 0. The van der Waals surface area contributed by atoms with Gasteiger partial charge in [0, 0.05) is 11.6 Å². The summed E-state index contributed by atoms with van der Waals surface area (Å²) in [6.45, 7) is 5.09. The van der Waals surface area contributed by atoms with E-state index in [1.54, 1.807) is 0 Å². The van der Waals surface area contributed by atoms with Gasteiger partial charge in [-0.2, -0.15) is 0 Å². The van der Waals surface area contributed by atoms with Crippen LogP contribution in [0.25, 0.3) is 11.3 Å². The van der Waals surface area contributed by atoms with Crippen molar-refractivity contribution in [1.29, 1.82) is 0 Å². The molecule has 0 atom stereocenters. The van der Waals surface area contributed by atoms with Gasteiger partial charge >= 0.3 is 0 Å². The van der Waals surface area contributed by atoms with Gasteiger partial charge in [-0.05, 0) is 44.4 Å². The zero-order chi connectivity index (χ0) is 12.5. The molecule has 0 bridgehead atoms. The first kappa shape index (κ1) is 11.5. The van der Waals surface area contributed by atoms with E-state index in [-0.39, 0.29) is 0 Å².